The average Bonchev–Trinajstić information content (AvgIpc) is 2.35. The summed E-state index contributed by atoms with van der Waals surface area (Å²) in [4.78, 5) is 23.8. The van der Waals surface area contributed by atoms with Crippen LogP contribution in [0, 0.1) is 0 Å². The lowest BCUT2D eigenvalue weighted by Crippen LogP contribution is -2.40. The highest BCUT2D eigenvalue weighted by atomic mass is 16.5. The van der Waals surface area contributed by atoms with Gasteiger partial charge in [-0.3, -0.25) is 9.69 Å². The highest BCUT2D eigenvalue weighted by Crippen LogP contribution is 2.10. The van der Waals surface area contributed by atoms with E-state index in [0.29, 0.717) is 0 Å². The fraction of sp³-hybridized carbons (Fsp3) is 0.273. The lowest BCUT2D eigenvalue weighted by molar-refractivity contribution is -0.139. The number of urea groups is 1. The van der Waals surface area contributed by atoms with E-state index < -0.39 is 5.97 Å². The molecule has 0 aliphatic rings. The van der Waals surface area contributed by atoms with E-state index in [-0.39, 0.29) is 12.6 Å². The third-order valence-electron chi connectivity index (χ3n) is 2.06. The molecule has 1 aromatic rings. The minimum Gasteiger partial charge on any atom is -0.468 e. The Bertz CT molecular complexity index is 365. The molecule has 0 saturated carbocycles. The van der Waals surface area contributed by atoms with E-state index in [2.05, 4.69) is 10.1 Å². The predicted molar refractivity (Wildman–Crippen MR) is 60.3 cm³/mol. The smallest absolute Gasteiger partial charge is 0.325 e. The van der Waals surface area contributed by atoms with Gasteiger partial charge in [-0.15, -0.1) is 0 Å². The molecule has 5 heteroatoms. The summed E-state index contributed by atoms with van der Waals surface area (Å²) in [6, 6.07) is 8.79. The van der Waals surface area contributed by atoms with E-state index in [4.69, 9.17) is 0 Å². The zero-order chi connectivity index (χ0) is 12.0. The number of rotatable bonds is 3. The number of benzene rings is 1. The number of esters is 1. The summed E-state index contributed by atoms with van der Waals surface area (Å²) in [6.07, 6.45) is 0. The van der Waals surface area contributed by atoms with Crippen LogP contribution in [0.5, 0.6) is 0 Å². The number of hydrogen-bond acceptors (Lipinski definition) is 3. The summed E-state index contributed by atoms with van der Waals surface area (Å²) in [5, 5.41) is 2.44. The largest absolute Gasteiger partial charge is 0.468 e. The van der Waals surface area contributed by atoms with Crippen molar-refractivity contribution < 1.29 is 14.3 Å². The van der Waals surface area contributed by atoms with Gasteiger partial charge in [0.25, 0.3) is 0 Å². The molecule has 0 aliphatic heterocycles. The van der Waals surface area contributed by atoms with Gasteiger partial charge in [-0.25, -0.2) is 4.79 Å². The lowest BCUT2D eigenvalue weighted by atomic mass is 10.3. The van der Waals surface area contributed by atoms with Crippen LogP contribution in [0.25, 0.3) is 0 Å². The minimum absolute atomic E-state index is 0.132. The Balaban J connectivity index is 2.52. The van der Waals surface area contributed by atoms with Gasteiger partial charge in [0.05, 0.1) is 7.11 Å². The molecule has 1 rings (SSSR count). The zero-order valence-corrected chi connectivity index (χ0v) is 9.27. The van der Waals surface area contributed by atoms with Crippen LogP contribution in [0.3, 0.4) is 0 Å². The highest BCUT2D eigenvalue weighted by molar-refractivity contribution is 5.93. The van der Waals surface area contributed by atoms with Crippen molar-refractivity contribution in [3.63, 3.8) is 0 Å². The molecule has 0 aliphatic carbocycles. The van der Waals surface area contributed by atoms with Crippen molar-refractivity contribution in [2.24, 2.45) is 0 Å². The maximum atomic E-state index is 11.6. The van der Waals surface area contributed by atoms with E-state index in [1.54, 1.807) is 19.2 Å². The number of hydrogen-bond donors (Lipinski definition) is 1. The number of nitrogens with one attached hydrogen (secondary N) is 1. The number of methoxy groups -OCH3 is 1. The van der Waals surface area contributed by atoms with Gasteiger partial charge >= 0.3 is 12.0 Å². The van der Waals surface area contributed by atoms with E-state index >= 15 is 0 Å². The molecule has 2 amide bonds. The van der Waals surface area contributed by atoms with E-state index in [1.807, 2.05) is 18.2 Å². The number of nitrogens with zero attached hydrogens (tertiary/aromatic N) is 1. The van der Waals surface area contributed by atoms with Gasteiger partial charge in [0, 0.05) is 12.7 Å². The van der Waals surface area contributed by atoms with Gasteiger partial charge in [-0.05, 0) is 12.1 Å². The molecule has 0 spiro atoms. The topological polar surface area (TPSA) is 58.6 Å². The summed E-state index contributed by atoms with van der Waals surface area (Å²) in [6.45, 7) is -0.132. The summed E-state index contributed by atoms with van der Waals surface area (Å²) in [5.74, 6) is -0.477. The second-order valence-electron chi connectivity index (χ2n) is 3.13. The van der Waals surface area contributed by atoms with Gasteiger partial charge < -0.3 is 10.1 Å². The molecule has 0 bridgehead atoms. The SMILES string of the molecule is COC(=O)CNC(=O)N(C)c1ccccc1. The number of ether oxygens (including phenoxy) is 1. The van der Waals surface area contributed by atoms with Crippen LogP contribution in [0.4, 0.5) is 10.5 Å². The first kappa shape index (κ1) is 12.0. The van der Waals surface area contributed by atoms with Crippen LogP contribution < -0.4 is 10.2 Å². The lowest BCUT2D eigenvalue weighted by Gasteiger charge is -2.17. The fourth-order valence-electron chi connectivity index (χ4n) is 1.11. The Morgan fingerprint density at radius 3 is 2.50 bits per heavy atom. The molecule has 16 heavy (non-hydrogen) atoms. The Morgan fingerprint density at radius 1 is 1.31 bits per heavy atom. The molecular weight excluding hydrogens is 208 g/mol. The van der Waals surface area contributed by atoms with Crippen LogP contribution >= 0.6 is 0 Å². The molecule has 1 N–H and O–H groups in total. The van der Waals surface area contributed by atoms with Crippen LogP contribution in [0.1, 0.15) is 0 Å². The van der Waals surface area contributed by atoms with Crippen molar-refractivity contribution in [2.45, 2.75) is 0 Å². The number of amides is 2. The molecule has 1 aromatic carbocycles. The van der Waals surface area contributed by atoms with Crippen molar-refractivity contribution in [3.05, 3.63) is 30.3 Å². The standard InChI is InChI=1S/C11H14N2O3/c1-13(9-6-4-3-5-7-9)11(15)12-8-10(14)16-2/h3-7H,8H2,1-2H3,(H,12,15). The summed E-state index contributed by atoms with van der Waals surface area (Å²) in [7, 11) is 2.90. The maximum Gasteiger partial charge on any atom is 0.325 e. The molecule has 0 fully saturated rings. The predicted octanol–water partition coefficient (Wildman–Crippen LogP) is 1.01. The van der Waals surface area contributed by atoms with E-state index in [0.717, 1.165) is 5.69 Å². The molecule has 0 radical (unpaired) electrons. The van der Waals surface area contributed by atoms with Gasteiger partial charge in [0.1, 0.15) is 6.54 Å². The molecule has 0 heterocycles. The highest BCUT2D eigenvalue weighted by Gasteiger charge is 2.11. The van der Waals surface area contributed by atoms with Crippen LogP contribution in [0.15, 0.2) is 30.3 Å². The van der Waals surface area contributed by atoms with Crippen molar-refractivity contribution in [1.29, 1.82) is 0 Å². The van der Waals surface area contributed by atoms with Crippen molar-refractivity contribution in [3.8, 4) is 0 Å². The molecule has 0 saturated heterocycles. The Hall–Kier alpha value is -2.04. The Kier molecular flexibility index (Phi) is 4.32. The molecular formula is C11H14N2O3. The van der Waals surface area contributed by atoms with Gasteiger partial charge in [-0.1, -0.05) is 18.2 Å². The van der Waals surface area contributed by atoms with Crippen molar-refractivity contribution in [1.82, 2.24) is 5.32 Å². The quantitative estimate of drug-likeness (QED) is 0.776. The van der Waals surface area contributed by atoms with E-state index in [9.17, 15) is 9.59 Å². The van der Waals surface area contributed by atoms with Crippen LogP contribution in [0.2, 0.25) is 0 Å². The first-order chi connectivity index (χ1) is 7.65. The molecule has 86 valence electrons. The second-order valence-corrected chi connectivity index (χ2v) is 3.13. The molecule has 5 nitrogen and oxygen atoms in total. The van der Waals surface area contributed by atoms with Crippen molar-refractivity contribution >= 4 is 17.7 Å². The minimum atomic E-state index is -0.477. The number of para-hydroxylation sites is 1. The Morgan fingerprint density at radius 2 is 1.94 bits per heavy atom. The van der Waals surface area contributed by atoms with Crippen molar-refractivity contribution in [2.75, 3.05) is 25.6 Å². The number of carbonyl (C=O) groups is 2. The van der Waals surface area contributed by atoms with Crippen LogP contribution in [-0.2, 0) is 9.53 Å². The third-order valence-corrected chi connectivity index (χ3v) is 2.06. The zero-order valence-electron chi connectivity index (χ0n) is 9.27. The molecule has 0 atom stereocenters. The van der Waals surface area contributed by atoms with Gasteiger partial charge in [-0.2, -0.15) is 0 Å². The van der Waals surface area contributed by atoms with Gasteiger partial charge in [0.2, 0.25) is 0 Å². The first-order valence-corrected chi connectivity index (χ1v) is 4.78. The monoisotopic (exact) mass is 222 g/mol. The summed E-state index contributed by atoms with van der Waals surface area (Å²) >= 11 is 0. The third kappa shape index (κ3) is 3.27. The second kappa shape index (κ2) is 5.75. The van der Waals surface area contributed by atoms with Gasteiger partial charge in [0.15, 0.2) is 0 Å². The maximum absolute atomic E-state index is 11.6. The molecule has 0 unspecified atom stereocenters. The summed E-state index contributed by atoms with van der Waals surface area (Å²) in [5.41, 5.74) is 0.755. The average molecular weight is 222 g/mol. The van der Waals surface area contributed by atoms with Crippen LogP contribution in [-0.4, -0.2) is 32.7 Å². The Labute approximate surface area is 94.0 Å². The normalized spacial score (nSPS) is 9.38. The number of carbonyl (C=O) groups excluding carboxylic acids is 2. The fourth-order valence-corrected chi connectivity index (χ4v) is 1.11. The first-order valence-electron chi connectivity index (χ1n) is 4.78. The molecule has 0 aromatic heterocycles. The number of anilines is 1. The van der Waals surface area contributed by atoms with E-state index in [1.165, 1.54) is 12.0 Å². The summed E-state index contributed by atoms with van der Waals surface area (Å²) < 4.78 is 4.41.